The number of pyridine rings is 1. The molecule has 0 aliphatic heterocycles. The Labute approximate surface area is 164 Å². The number of amides is 1. The van der Waals surface area contributed by atoms with Crippen LogP contribution in [0.1, 0.15) is 29.3 Å². The van der Waals surface area contributed by atoms with Gasteiger partial charge in [-0.25, -0.2) is 4.98 Å². The Morgan fingerprint density at radius 3 is 2.36 bits per heavy atom. The zero-order valence-corrected chi connectivity index (χ0v) is 16.5. The Morgan fingerprint density at radius 2 is 1.82 bits per heavy atom. The number of nitrogens with zero attached hydrogens (tertiary/aromatic N) is 2. The van der Waals surface area contributed by atoms with Gasteiger partial charge in [-0.1, -0.05) is 11.8 Å². The second-order valence-corrected chi connectivity index (χ2v) is 7.39. The number of rotatable bonds is 5. The van der Waals surface area contributed by atoms with Crippen molar-refractivity contribution in [2.45, 2.75) is 44.3 Å². The highest BCUT2D eigenvalue weighted by atomic mass is 32.2. The number of aryl methyl sites for hydroxylation is 1. The van der Waals surface area contributed by atoms with Crippen LogP contribution in [0.15, 0.2) is 29.3 Å². The summed E-state index contributed by atoms with van der Waals surface area (Å²) in [5.41, 5.74) is 3.30. The summed E-state index contributed by atoms with van der Waals surface area (Å²) in [6.45, 7) is 7.22. The summed E-state index contributed by atoms with van der Waals surface area (Å²) in [6, 6.07) is 6.99. The lowest BCUT2D eigenvalue weighted by atomic mass is 10.1. The molecule has 9 heteroatoms. The molecule has 28 heavy (non-hydrogen) atoms. The number of carbonyl (C=O) groups is 1. The molecule has 0 bridgehead atoms. The average molecular weight is 409 g/mol. The van der Waals surface area contributed by atoms with Gasteiger partial charge in [0, 0.05) is 11.4 Å². The maximum absolute atomic E-state index is 12.4. The number of alkyl halides is 3. The van der Waals surface area contributed by atoms with Crippen LogP contribution < -0.4 is 10.1 Å². The number of nitrogens with one attached hydrogen (secondary N) is 1. The van der Waals surface area contributed by atoms with Crippen LogP contribution in [0, 0.1) is 32.1 Å². The third-order valence-corrected chi connectivity index (χ3v) is 5.17. The molecule has 1 aromatic carbocycles. The maximum atomic E-state index is 12.4. The van der Waals surface area contributed by atoms with E-state index in [1.807, 2.05) is 20.8 Å². The van der Waals surface area contributed by atoms with Crippen molar-refractivity contribution in [3.05, 3.63) is 46.6 Å². The number of halogens is 3. The van der Waals surface area contributed by atoms with Crippen LogP contribution in [-0.2, 0) is 4.79 Å². The second kappa shape index (κ2) is 8.52. The number of anilines is 1. The van der Waals surface area contributed by atoms with Crippen LogP contribution in [0.5, 0.6) is 5.75 Å². The van der Waals surface area contributed by atoms with Gasteiger partial charge in [0.25, 0.3) is 0 Å². The van der Waals surface area contributed by atoms with E-state index >= 15 is 0 Å². The lowest BCUT2D eigenvalue weighted by molar-refractivity contribution is -0.274. The standard InChI is InChI=1S/C19H18F3N3O2S/c1-10-11(2)16(9-23)18(24-12(10)3)28-13(4)17(26)25-14-5-7-15(8-6-14)27-19(20,21)22/h5-8,13H,1-4H3,(H,25,26)/t13-/m0/s1. The predicted molar refractivity (Wildman–Crippen MR) is 100 cm³/mol. The summed E-state index contributed by atoms with van der Waals surface area (Å²) in [5, 5.41) is 11.9. The fourth-order valence-corrected chi connectivity index (χ4v) is 3.34. The van der Waals surface area contributed by atoms with E-state index in [1.54, 1.807) is 6.92 Å². The summed E-state index contributed by atoms with van der Waals surface area (Å²) in [7, 11) is 0. The number of nitriles is 1. The number of benzene rings is 1. The molecule has 0 fully saturated rings. The molecular weight excluding hydrogens is 391 g/mol. The van der Waals surface area contributed by atoms with Crippen LogP contribution in [0.3, 0.4) is 0 Å². The van der Waals surface area contributed by atoms with E-state index in [4.69, 9.17) is 0 Å². The maximum Gasteiger partial charge on any atom is 0.573 e. The van der Waals surface area contributed by atoms with Gasteiger partial charge in [0.1, 0.15) is 16.8 Å². The lowest BCUT2D eigenvalue weighted by Gasteiger charge is -2.15. The van der Waals surface area contributed by atoms with Crippen LogP contribution >= 0.6 is 11.8 Å². The summed E-state index contributed by atoms with van der Waals surface area (Å²) in [5.74, 6) is -0.738. The number of carbonyl (C=O) groups excluding carboxylic acids is 1. The van der Waals surface area contributed by atoms with Gasteiger partial charge < -0.3 is 10.1 Å². The van der Waals surface area contributed by atoms with E-state index in [2.05, 4.69) is 21.1 Å². The first kappa shape index (κ1) is 21.6. The lowest BCUT2D eigenvalue weighted by Crippen LogP contribution is -2.23. The van der Waals surface area contributed by atoms with Crippen molar-refractivity contribution < 1.29 is 22.7 Å². The molecule has 1 aromatic heterocycles. The minimum absolute atomic E-state index is 0.330. The van der Waals surface area contributed by atoms with E-state index in [-0.39, 0.29) is 11.7 Å². The first-order chi connectivity index (χ1) is 13.0. The summed E-state index contributed by atoms with van der Waals surface area (Å²) >= 11 is 1.15. The monoisotopic (exact) mass is 409 g/mol. The molecule has 0 saturated carbocycles. The SMILES string of the molecule is Cc1nc(S[C@@H](C)C(=O)Nc2ccc(OC(F)(F)F)cc2)c(C#N)c(C)c1C. The average Bonchev–Trinajstić information content (AvgIpc) is 2.60. The number of thioether (sulfide) groups is 1. The molecule has 0 unspecified atom stereocenters. The highest BCUT2D eigenvalue weighted by molar-refractivity contribution is 8.00. The summed E-state index contributed by atoms with van der Waals surface area (Å²) in [4.78, 5) is 16.8. The van der Waals surface area contributed by atoms with Crippen LogP contribution in [0.25, 0.3) is 0 Å². The Hall–Kier alpha value is -2.73. The molecule has 148 valence electrons. The van der Waals surface area contributed by atoms with Gasteiger partial charge >= 0.3 is 6.36 Å². The Bertz CT molecular complexity index is 922. The molecule has 1 atom stereocenters. The van der Waals surface area contributed by atoms with Gasteiger partial charge in [-0.2, -0.15) is 5.26 Å². The number of hydrogen-bond donors (Lipinski definition) is 1. The normalized spacial score (nSPS) is 12.2. The fraction of sp³-hybridized carbons (Fsp3) is 0.316. The molecule has 1 amide bonds. The fourth-order valence-electron chi connectivity index (χ4n) is 2.33. The molecule has 0 radical (unpaired) electrons. The van der Waals surface area contributed by atoms with Gasteiger partial charge in [0.05, 0.1) is 10.8 Å². The minimum Gasteiger partial charge on any atom is -0.406 e. The van der Waals surface area contributed by atoms with Crippen molar-refractivity contribution in [2.75, 3.05) is 5.32 Å². The minimum atomic E-state index is -4.77. The van der Waals surface area contributed by atoms with Crippen molar-refractivity contribution in [3.8, 4) is 11.8 Å². The summed E-state index contributed by atoms with van der Waals surface area (Å²) in [6.07, 6.45) is -4.77. The van der Waals surface area contributed by atoms with Gasteiger partial charge in [0.2, 0.25) is 5.91 Å². The molecule has 1 N–H and O–H groups in total. The van der Waals surface area contributed by atoms with Crippen molar-refractivity contribution in [1.82, 2.24) is 4.98 Å². The number of hydrogen-bond acceptors (Lipinski definition) is 5. The topological polar surface area (TPSA) is 75.0 Å². The molecular formula is C19H18F3N3O2S. The molecule has 0 saturated heterocycles. The molecule has 0 aliphatic carbocycles. The molecule has 1 heterocycles. The number of aromatic nitrogens is 1. The smallest absolute Gasteiger partial charge is 0.406 e. The Kier molecular flexibility index (Phi) is 6.56. The van der Waals surface area contributed by atoms with Gasteiger partial charge in [-0.05, 0) is 63.1 Å². The van der Waals surface area contributed by atoms with E-state index in [1.165, 1.54) is 12.1 Å². The van der Waals surface area contributed by atoms with Crippen molar-refractivity contribution >= 4 is 23.4 Å². The van der Waals surface area contributed by atoms with E-state index in [9.17, 15) is 23.2 Å². The first-order valence-corrected chi connectivity index (χ1v) is 9.11. The van der Waals surface area contributed by atoms with E-state index < -0.39 is 11.6 Å². The molecule has 0 aliphatic rings. The Balaban J connectivity index is 2.09. The third-order valence-electron chi connectivity index (χ3n) is 4.09. The zero-order chi connectivity index (χ0) is 21.1. The highest BCUT2D eigenvalue weighted by Gasteiger charge is 2.31. The van der Waals surface area contributed by atoms with Crippen LogP contribution in [-0.4, -0.2) is 22.5 Å². The first-order valence-electron chi connectivity index (χ1n) is 8.23. The molecule has 2 rings (SSSR count). The summed E-state index contributed by atoms with van der Waals surface area (Å²) < 4.78 is 40.3. The van der Waals surface area contributed by atoms with Crippen molar-refractivity contribution in [2.24, 2.45) is 0 Å². The van der Waals surface area contributed by atoms with Crippen LogP contribution in [0.4, 0.5) is 18.9 Å². The quantitative estimate of drug-likeness (QED) is 0.711. The van der Waals surface area contributed by atoms with Crippen molar-refractivity contribution in [3.63, 3.8) is 0 Å². The molecule has 0 spiro atoms. The highest BCUT2D eigenvalue weighted by Crippen LogP contribution is 2.30. The van der Waals surface area contributed by atoms with E-state index in [0.717, 1.165) is 40.7 Å². The zero-order valence-electron chi connectivity index (χ0n) is 15.6. The third kappa shape index (κ3) is 5.39. The molecule has 5 nitrogen and oxygen atoms in total. The number of ether oxygens (including phenoxy) is 1. The van der Waals surface area contributed by atoms with E-state index in [0.29, 0.717) is 16.3 Å². The Morgan fingerprint density at radius 1 is 1.21 bits per heavy atom. The molecule has 2 aromatic rings. The van der Waals surface area contributed by atoms with Crippen molar-refractivity contribution in [1.29, 1.82) is 5.26 Å². The van der Waals surface area contributed by atoms with Gasteiger partial charge in [-0.15, -0.1) is 13.2 Å². The van der Waals surface area contributed by atoms with Gasteiger partial charge in [-0.3, -0.25) is 4.79 Å². The van der Waals surface area contributed by atoms with Crippen LogP contribution in [0.2, 0.25) is 0 Å². The second-order valence-electron chi connectivity index (χ2n) is 6.06. The largest absolute Gasteiger partial charge is 0.573 e. The predicted octanol–water partition coefficient (Wildman–Crippen LogP) is 4.90. The van der Waals surface area contributed by atoms with Gasteiger partial charge in [0.15, 0.2) is 0 Å².